The summed E-state index contributed by atoms with van der Waals surface area (Å²) < 4.78 is 2.80. The summed E-state index contributed by atoms with van der Waals surface area (Å²) in [4.78, 5) is 2.94. The first-order valence-electron chi connectivity index (χ1n) is 21.8. The van der Waals surface area contributed by atoms with Crippen molar-refractivity contribution in [2.45, 2.75) is 129 Å². The Bertz CT molecular complexity index is 3100. The van der Waals surface area contributed by atoms with E-state index in [1.54, 1.807) is 5.56 Å². The monoisotopic (exact) mass is 742 g/mol. The molecule has 2 unspecified atom stereocenters. The fourth-order valence-corrected chi connectivity index (χ4v) is 12.5. The van der Waals surface area contributed by atoms with Crippen molar-refractivity contribution in [2.24, 2.45) is 0 Å². The van der Waals surface area contributed by atoms with Crippen molar-refractivity contribution in [3.63, 3.8) is 0 Å². The molecule has 284 valence electrons. The van der Waals surface area contributed by atoms with Gasteiger partial charge in [0, 0.05) is 54.9 Å². The lowest BCUT2D eigenvalue weighted by molar-refractivity contribution is 0.195. The van der Waals surface area contributed by atoms with Gasteiger partial charge in [-0.3, -0.25) is 0 Å². The molecule has 0 saturated heterocycles. The minimum absolute atomic E-state index is 0.0152. The van der Waals surface area contributed by atoms with Crippen LogP contribution in [0.25, 0.3) is 65.3 Å². The van der Waals surface area contributed by atoms with Crippen LogP contribution < -0.4 is 15.8 Å². The Morgan fingerprint density at radius 2 is 1.23 bits per heavy atom. The molecule has 0 amide bonds. The van der Waals surface area contributed by atoms with Gasteiger partial charge in [-0.15, -0.1) is 0 Å². The van der Waals surface area contributed by atoms with E-state index in [-0.39, 0.29) is 34.0 Å². The standard InChI is InChI=1S/C54H55BN2/c1-50(2,3)32-19-22-42-37(27-32)38-28-34(52(7,8)9)29-39-45-35-20-17-30-25-33(51(4,5)6)26-31-18-21-36(44(35)43(30)31)48-46(45)55(57(42)47(38)39)41-16-14-15-40-49(41)56(48)54(11)24-13-12-23-53(40,54)10/h14-22,25-29H,12-13,23-24H2,1-11H3. The second-order valence-corrected chi connectivity index (χ2v) is 22.1. The summed E-state index contributed by atoms with van der Waals surface area (Å²) in [6.45, 7) is 26.6. The van der Waals surface area contributed by atoms with Gasteiger partial charge >= 0.3 is 6.85 Å². The molecular weight excluding hydrogens is 687 g/mol. The van der Waals surface area contributed by atoms with E-state index >= 15 is 0 Å². The van der Waals surface area contributed by atoms with Gasteiger partial charge < -0.3 is 9.38 Å². The number of hydrogen-bond acceptors (Lipinski definition) is 1. The topological polar surface area (TPSA) is 8.17 Å². The summed E-state index contributed by atoms with van der Waals surface area (Å²) in [7, 11) is 0. The Kier molecular flexibility index (Phi) is 6.18. The van der Waals surface area contributed by atoms with Crippen LogP contribution in [0.3, 0.4) is 0 Å². The maximum Gasteiger partial charge on any atom is 0.333 e. The zero-order valence-electron chi connectivity index (χ0n) is 35.9. The van der Waals surface area contributed by atoms with Crippen LogP contribution in [0.1, 0.15) is 124 Å². The van der Waals surface area contributed by atoms with Gasteiger partial charge in [-0.1, -0.05) is 143 Å². The highest BCUT2D eigenvalue weighted by Gasteiger charge is 2.61. The molecule has 12 rings (SSSR count). The predicted molar refractivity (Wildman–Crippen MR) is 248 cm³/mol. The summed E-state index contributed by atoms with van der Waals surface area (Å²) >= 11 is 0. The maximum atomic E-state index is 2.94. The maximum absolute atomic E-state index is 2.94. The Balaban J connectivity index is 1.34. The van der Waals surface area contributed by atoms with Crippen LogP contribution in [0.2, 0.25) is 0 Å². The minimum atomic E-state index is -0.0338. The van der Waals surface area contributed by atoms with Crippen molar-refractivity contribution >= 4 is 83.3 Å². The van der Waals surface area contributed by atoms with E-state index < -0.39 is 0 Å². The fraction of sp³-hybridized carbons (Fsp3) is 0.370. The molecule has 1 saturated carbocycles. The van der Waals surface area contributed by atoms with Crippen LogP contribution in [0.4, 0.5) is 11.4 Å². The smallest absolute Gasteiger partial charge is 0.333 e. The summed E-state index contributed by atoms with van der Waals surface area (Å²) in [5.41, 5.74) is 17.5. The molecule has 4 aliphatic rings. The number of fused-ring (bicyclic) bond motifs is 12. The molecular formula is C54H55BN2. The molecule has 0 bridgehead atoms. The Morgan fingerprint density at radius 1 is 0.579 bits per heavy atom. The highest BCUT2D eigenvalue weighted by Crippen LogP contribution is 2.63. The van der Waals surface area contributed by atoms with E-state index in [0.717, 1.165) is 0 Å². The SMILES string of the molecule is CC(C)(C)c1cc2ccc3c4c5c(c6ccc(c1)c2c36)N1c2c(cccc2C2(C)CCCCC12C)B5n1c2ccc(C(C)(C)C)cc2c2cc(C(C)(C)C)cc-4c21. The summed E-state index contributed by atoms with van der Waals surface area (Å²) in [6.07, 6.45) is 4.99. The summed E-state index contributed by atoms with van der Waals surface area (Å²) in [5.74, 6) is 0. The number of para-hydroxylation sites is 1. The fourth-order valence-electron chi connectivity index (χ4n) is 12.5. The van der Waals surface area contributed by atoms with E-state index in [1.807, 2.05) is 0 Å². The van der Waals surface area contributed by atoms with Crippen molar-refractivity contribution in [1.29, 1.82) is 0 Å². The summed E-state index contributed by atoms with van der Waals surface area (Å²) in [6, 6.07) is 34.9. The molecule has 0 N–H and O–H groups in total. The lowest BCUT2D eigenvalue weighted by Gasteiger charge is -2.52. The van der Waals surface area contributed by atoms with Gasteiger partial charge in [0.05, 0.1) is 5.54 Å². The van der Waals surface area contributed by atoms with E-state index in [1.165, 1.54) is 130 Å². The average molecular weight is 743 g/mol. The second kappa shape index (κ2) is 10.3. The van der Waals surface area contributed by atoms with Crippen LogP contribution in [-0.2, 0) is 21.7 Å². The molecule has 1 fully saturated rings. The third-order valence-electron chi connectivity index (χ3n) is 15.9. The third-order valence-corrected chi connectivity index (χ3v) is 15.9. The lowest BCUT2D eigenvalue weighted by atomic mass is 9.44. The zero-order chi connectivity index (χ0) is 39.5. The van der Waals surface area contributed by atoms with Gasteiger partial charge in [0.1, 0.15) is 0 Å². The van der Waals surface area contributed by atoms with Crippen LogP contribution in [0.15, 0.2) is 84.9 Å². The molecule has 2 atom stereocenters. The average Bonchev–Trinajstić information content (AvgIpc) is 3.59. The number of rotatable bonds is 0. The van der Waals surface area contributed by atoms with Crippen LogP contribution in [0, 0.1) is 0 Å². The van der Waals surface area contributed by atoms with Crippen molar-refractivity contribution in [3.8, 4) is 11.1 Å². The quantitative estimate of drug-likeness (QED) is 0.111. The second-order valence-electron chi connectivity index (χ2n) is 22.1. The van der Waals surface area contributed by atoms with Gasteiger partial charge in [0.25, 0.3) is 0 Å². The van der Waals surface area contributed by atoms with Gasteiger partial charge in [-0.2, -0.15) is 0 Å². The molecule has 3 aliphatic heterocycles. The molecule has 1 aliphatic carbocycles. The van der Waals surface area contributed by atoms with E-state index in [9.17, 15) is 0 Å². The van der Waals surface area contributed by atoms with Crippen molar-refractivity contribution < 1.29 is 0 Å². The first kappa shape index (κ1) is 34.3. The largest absolute Gasteiger partial charge is 0.375 e. The predicted octanol–water partition coefficient (Wildman–Crippen LogP) is 13.3. The van der Waals surface area contributed by atoms with Crippen molar-refractivity contribution in [2.75, 3.05) is 4.90 Å². The van der Waals surface area contributed by atoms with E-state index in [4.69, 9.17) is 0 Å². The highest BCUT2D eigenvalue weighted by molar-refractivity contribution is 6.91. The molecule has 0 spiro atoms. The van der Waals surface area contributed by atoms with E-state index in [2.05, 4.69) is 170 Å². The minimum Gasteiger partial charge on any atom is -0.375 e. The van der Waals surface area contributed by atoms with Crippen molar-refractivity contribution in [1.82, 2.24) is 4.48 Å². The van der Waals surface area contributed by atoms with Gasteiger partial charge in [0.2, 0.25) is 0 Å². The van der Waals surface area contributed by atoms with Gasteiger partial charge in [-0.05, 0) is 121 Å². The molecule has 4 heterocycles. The molecule has 3 heteroatoms. The number of anilines is 2. The third kappa shape index (κ3) is 4.00. The number of benzene rings is 7. The normalized spacial score (nSPS) is 21.4. The Hall–Kier alpha value is -4.76. The molecule has 8 aromatic rings. The number of nitrogens with zero attached hydrogens (tertiary/aromatic N) is 2. The molecule has 7 aromatic carbocycles. The number of hydrogen-bond donors (Lipinski definition) is 0. The van der Waals surface area contributed by atoms with Crippen molar-refractivity contribution in [3.05, 3.63) is 107 Å². The number of aromatic nitrogens is 1. The summed E-state index contributed by atoms with van der Waals surface area (Å²) in [5, 5.41) is 11.2. The molecule has 57 heavy (non-hydrogen) atoms. The van der Waals surface area contributed by atoms with Gasteiger partial charge in [0.15, 0.2) is 0 Å². The first-order chi connectivity index (χ1) is 26.9. The molecule has 1 aromatic heterocycles. The van der Waals surface area contributed by atoms with E-state index in [0.29, 0.717) is 0 Å². The van der Waals surface area contributed by atoms with Crippen LogP contribution in [-0.4, -0.2) is 16.9 Å². The first-order valence-corrected chi connectivity index (χ1v) is 21.8. The van der Waals surface area contributed by atoms with Crippen LogP contribution in [0.5, 0.6) is 0 Å². The molecule has 2 nitrogen and oxygen atoms in total. The van der Waals surface area contributed by atoms with Crippen LogP contribution >= 0.6 is 0 Å². The van der Waals surface area contributed by atoms with Gasteiger partial charge in [-0.25, -0.2) is 0 Å². The highest BCUT2D eigenvalue weighted by atomic mass is 15.3. The zero-order valence-corrected chi connectivity index (χ0v) is 35.9. The Morgan fingerprint density at radius 3 is 1.93 bits per heavy atom. The lowest BCUT2D eigenvalue weighted by Crippen LogP contribution is -2.62. The Labute approximate surface area is 338 Å². The molecule has 0 radical (unpaired) electrons.